The molecule has 1 amide bonds. The van der Waals surface area contributed by atoms with Crippen molar-refractivity contribution in [1.29, 1.82) is 0 Å². The van der Waals surface area contributed by atoms with E-state index in [1.54, 1.807) is 12.3 Å². The predicted molar refractivity (Wildman–Crippen MR) is 38.0 cm³/mol. The van der Waals surface area contributed by atoms with Crippen molar-refractivity contribution in [3.05, 3.63) is 12.3 Å². The Morgan fingerprint density at radius 1 is 1.82 bits per heavy atom. The normalized spacial score (nSPS) is 23.5. The van der Waals surface area contributed by atoms with Crippen LogP contribution < -0.4 is 10.6 Å². The zero-order valence-corrected chi connectivity index (χ0v) is 5.91. The van der Waals surface area contributed by atoms with Crippen LogP contribution in [-0.4, -0.2) is 30.5 Å². The zero-order valence-electron chi connectivity index (χ0n) is 5.91. The van der Waals surface area contributed by atoms with E-state index < -0.39 is 6.09 Å². The molecule has 0 saturated carbocycles. The largest absolute Gasteiger partial charge is 0.498 e. The van der Waals surface area contributed by atoms with Crippen molar-refractivity contribution in [3.63, 3.8) is 0 Å². The smallest absolute Gasteiger partial charge is 0.406 e. The molecular formula is C6H10N2O3. The first kappa shape index (κ1) is 7.87. The second-order valence-electron chi connectivity index (χ2n) is 2.12. The molecule has 0 spiro atoms. The van der Waals surface area contributed by atoms with Crippen molar-refractivity contribution >= 4 is 6.09 Å². The molecule has 11 heavy (non-hydrogen) atoms. The molecule has 1 unspecified atom stereocenters. The summed E-state index contributed by atoms with van der Waals surface area (Å²) in [5.41, 5.74) is 0. The molecule has 0 aliphatic carbocycles. The molecule has 62 valence electrons. The van der Waals surface area contributed by atoms with Crippen molar-refractivity contribution < 1.29 is 14.6 Å². The quantitative estimate of drug-likeness (QED) is 0.490. The molecule has 0 fully saturated rings. The van der Waals surface area contributed by atoms with Crippen molar-refractivity contribution in [3.8, 4) is 0 Å². The van der Waals surface area contributed by atoms with Crippen LogP contribution in [0.5, 0.6) is 0 Å². The Kier molecular flexibility index (Phi) is 2.74. The Morgan fingerprint density at radius 3 is 3.36 bits per heavy atom. The average Bonchev–Trinajstić information content (AvgIpc) is 2.14. The van der Waals surface area contributed by atoms with Crippen LogP contribution in [-0.2, 0) is 4.74 Å². The monoisotopic (exact) mass is 158 g/mol. The van der Waals surface area contributed by atoms with Crippen LogP contribution in [0.15, 0.2) is 12.3 Å². The van der Waals surface area contributed by atoms with Gasteiger partial charge in [-0.05, 0) is 6.08 Å². The van der Waals surface area contributed by atoms with Gasteiger partial charge in [0.2, 0.25) is 0 Å². The second-order valence-corrected chi connectivity index (χ2v) is 2.12. The topological polar surface area (TPSA) is 70.6 Å². The SMILES string of the molecule is O=C(O)NC1COC=CCN1. The Morgan fingerprint density at radius 2 is 2.64 bits per heavy atom. The lowest BCUT2D eigenvalue weighted by Gasteiger charge is -2.14. The third kappa shape index (κ3) is 2.90. The molecule has 0 bridgehead atoms. The summed E-state index contributed by atoms with van der Waals surface area (Å²) >= 11 is 0. The highest BCUT2D eigenvalue weighted by molar-refractivity contribution is 5.64. The van der Waals surface area contributed by atoms with Gasteiger partial charge in [0, 0.05) is 6.54 Å². The Balaban J connectivity index is 2.29. The van der Waals surface area contributed by atoms with Gasteiger partial charge in [-0.1, -0.05) is 0 Å². The molecule has 1 atom stereocenters. The number of ether oxygens (including phenoxy) is 1. The maximum Gasteiger partial charge on any atom is 0.406 e. The van der Waals surface area contributed by atoms with E-state index in [1.807, 2.05) is 0 Å². The summed E-state index contributed by atoms with van der Waals surface area (Å²) in [7, 11) is 0. The van der Waals surface area contributed by atoms with Gasteiger partial charge in [-0.2, -0.15) is 0 Å². The first-order valence-corrected chi connectivity index (χ1v) is 3.28. The molecule has 1 aliphatic heterocycles. The average molecular weight is 158 g/mol. The van der Waals surface area contributed by atoms with Crippen molar-refractivity contribution in [1.82, 2.24) is 10.6 Å². The standard InChI is InChI=1S/C6H10N2O3/c9-6(10)8-5-4-11-3-1-2-7-5/h1,3,5,7-8H,2,4H2,(H,9,10). The number of hydrogen-bond donors (Lipinski definition) is 3. The molecule has 1 aliphatic rings. The van der Waals surface area contributed by atoms with Gasteiger partial charge >= 0.3 is 6.09 Å². The van der Waals surface area contributed by atoms with Crippen LogP contribution in [0.4, 0.5) is 4.79 Å². The van der Waals surface area contributed by atoms with Gasteiger partial charge in [-0.3, -0.25) is 5.32 Å². The zero-order chi connectivity index (χ0) is 8.10. The number of amides is 1. The molecule has 0 saturated heterocycles. The lowest BCUT2D eigenvalue weighted by Crippen LogP contribution is -2.47. The molecular weight excluding hydrogens is 148 g/mol. The predicted octanol–water partition coefficient (Wildman–Crippen LogP) is -0.286. The van der Waals surface area contributed by atoms with E-state index in [-0.39, 0.29) is 6.17 Å². The van der Waals surface area contributed by atoms with Crippen molar-refractivity contribution in [2.45, 2.75) is 6.17 Å². The summed E-state index contributed by atoms with van der Waals surface area (Å²) in [5, 5.41) is 13.5. The van der Waals surface area contributed by atoms with Crippen molar-refractivity contribution in [2.75, 3.05) is 13.2 Å². The third-order valence-corrected chi connectivity index (χ3v) is 1.24. The molecule has 5 heteroatoms. The van der Waals surface area contributed by atoms with E-state index >= 15 is 0 Å². The summed E-state index contributed by atoms with van der Waals surface area (Å²) in [6, 6.07) is 0. The van der Waals surface area contributed by atoms with Gasteiger partial charge in [0.15, 0.2) is 0 Å². The van der Waals surface area contributed by atoms with E-state index in [1.165, 1.54) is 0 Å². The minimum absolute atomic E-state index is 0.317. The van der Waals surface area contributed by atoms with Gasteiger partial charge in [0.05, 0.1) is 6.26 Å². The van der Waals surface area contributed by atoms with Crippen molar-refractivity contribution in [2.24, 2.45) is 0 Å². The molecule has 5 nitrogen and oxygen atoms in total. The Bertz CT molecular complexity index is 159. The number of nitrogens with one attached hydrogen (secondary N) is 2. The van der Waals surface area contributed by atoms with Gasteiger partial charge in [0.25, 0.3) is 0 Å². The fourth-order valence-corrected chi connectivity index (χ4v) is 0.779. The summed E-state index contributed by atoms with van der Waals surface area (Å²) in [6.45, 7) is 0.938. The summed E-state index contributed by atoms with van der Waals surface area (Å²) in [5.74, 6) is 0. The van der Waals surface area contributed by atoms with E-state index in [2.05, 4.69) is 10.6 Å². The van der Waals surface area contributed by atoms with E-state index in [9.17, 15) is 4.79 Å². The van der Waals surface area contributed by atoms with Gasteiger partial charge in [-0.15, -0.1) is 0 Å². The first-order chi connectivity index (χ1) is 5.29. The molecule has 0 aromatic rings. The highest BCUT2D eigenvalue weighted by Crippen LogP contribution is 1.88. The maximum atomic E-state index is 10.2. The van der Waals surface area contributed by atoms with Crippen LogP contribution in [0.25, 0.3) is 0 Å². The van der Waals surface area contributed by atoms with Crippen LogP contribution in [0.2, 0.25) is 0 Å². The van der Waals surface area contributed by atoms with Crippen LogP contribution >= 0.6 is 0 Å². The van der Waals surface area contributed by atoms with Crippen LogP contribution in [0.1, 0.15) is 0 Å². The summed E-state index contributed by atoms with van der Waals surface area (Å²) < 4.78 is 4.94. The lowest BCUT2D eigenvalue weighted by atomic mass is 10.5. The Hall–Kier alpha value is -1.23. The minimum Gasteiger partial charge on any atom is -0.498 e. The fourth-order valence-electron chi connectivity index (χ4n) is 0.779. The Labute approximate surface area is 64.0 Å². The highest BCUT2D eigenvalue weighted by Gasteiger charge is 2.10. The molecule has 0 radical (unpaired) electrons. The van der Waals surface area contributed by atoms with Gasteiger partial charge in [0.1, 0.15) is 12.8 Å². The molecule has 1 rings (SSSR count). The molecule has 0 aromatic heterocycles. The van der Waals surface area contributed by atoms with Gasteiger partial charge in [-0.25, -0.2) is 4.79 Å². The van der Waals surface area contributed by atoms with Crippen LogP contribution in [0.3, 0.4) is 0 Å². The van der Waals surface area contributed by atoms with E-state index in [4.69, 9.17) is 9.84 Å². The highest BCUT2D eigenvalue weighted by atomic mass is 16.5. The van der Waals surface area contributed by atoms with Crippen LogP contribution in [0, 0.1) is 0 Å². The molecule has 0 aromatic carbocycles. The summed E-state index contributed by atoms with van der Waals surface area (Å²) in [4.78, 5) is 10.2. The maximum absolute atomic E-state index is 10.2. The molecule has 1 heterocycles. The number of hydrogen-bond acceptors (Lipinski definition) is 3. The lowest BCUT2D eigenvalue weighted by molar-refractivity contribution is 0.166. The number of rotatable bonds is 1. The van der Waals surface area contributed by atoms with E-state index in [0.29, 0.717) is 13.2 Å². The number of carboxylic acid groups (broad SMARTS) is 1. The second kappa shape index (κ2) is 3.82. The van der Waals surface area contributed by atoms with E-state index in [0.717, 1.165) is 0 Å². The number of carbonyl (C=O) groups is 1. The molecule has 3 N–H and O–H groups in total. The minimum atomic E-state index is -1.05. The van der Waals surface area contributed by atoms with Gasteiger partial charge < -0.3 is 15.2 Å². The third-order valence-electron chi connectivity index (χ3n) is 1.24. The fraction of sp³-hybridized carbons (Fsp3) is 0.500. The first-order valence-electron chi connectivity index (χ1n) is 3.28. The summed E-state index contributed by atoms with van der Waals surface area (Å²) in [6.07, 6.45) is 1.97.